The zero-order chi connectivity index (χ0) is 16.2. The second-order valence-electron chi connectivity index (χ2n) is 5.91. The van der Waals surface area contributed by atoms with Crippen LogP contribution in [0, 0.1) is 0 Å². The van der Waals surface area contributed by atoms with Gasteiger partial charge in [0.15, 0.2) is 0 Å². The predicted molar refractivity (Wildman–Crippen MR) is 98.2 cm³/mol. The number of hydrogen-bond acceptors (Lipinski definition) is 3. The zero-order valence-electron chi connectivity index (χ0n) is 14.0. The van der Waals surface area contributed by atoms with Crippen LogP contribution in [0.5, 0.6) is 0 Å². The molecule has 0 radical (unpaired) electrons. The van der Waals surface area contributed by atoms with Gasteiger partial charge in [-0.1, -0.05) is 6.07 Å². The summed E-state index contributed by atoms with van der Waals surface area (Å²) in [5, 5.41) is 1.10. The molecular weight excluding hydrogens is 306 g/mol. The predicted octanol–water partition coefficient (Wildman–Crippen LogP) is 3.20. The van der Waals surface area contributed by atoms with Crippen molar-refractivity contribution in [3.8, 4) is 0 Å². The Bertz CT molecular complexity index is 672. The van der Waals surface area contributed by atoms with Gasteiger partial charge in [-0.3, -0.25) is 9.69 Å². The van der Waals surface area contributed by atoms with Gasteiger partial charge in [0.05, 0.1) is 0 Å². The second-order valence-corrected chi connectivity index (χ2v) is 7.13. The topological polar surface area (TPSA) is 39.3 Å². The molecule has 124 valence electrons. The Morgan fingerprint density at radius 1 is 1.26 bits per heavy atom. The van der Waals surface area contributed by atoms with Crippen LogP contribution in [0.3, 0.4) is 0 Å². The normalized spacial score (nSPS) is 15.9. The average molecular weight is 331 g/mol. The first-order valence-corrected chi connectivity index (χ1v) is 9.58. The molecule has 0 spiro atoms. The highest BCUT2D eigenvalue weighted by molar-refractivity contribution is 7.99. The molecule has 1 aromatic carbocycles. The van der Waals surface area contributed by atoms with E-state index >= 15 is 0 Å². The number of benzene rings is 1. The molecule has 2 heterocycles. The van der Waals surface area contributed by atoms with Crippen LogP contribution in [0.4, 0.5) is 0 Å². The standard InChI is InChI=1S/C18H25N3OS/c1-3-21(4-2)18(22)15-6-5-7-16-17(15)14(12-19-16)13-20-8-10-23-11-9-20/h5-7,12,19H,3-4,8-11,13H2,1-2H3. The minimum atomic E-state index is 0.135. The minimum absolute atomic E-state index is 0.135. The van der Waals surface area contributed by atoms with E-state index in [0.29, 0.717) is 0 Å². The Labute approximate surface area is 142 Å². The molecule has 1 fully saturated rings. The van der Waals surface area contributed by atoms with Gasteiger partial charge >= 0.3 is 0 Å². The summed E-state index contributed by atoms with van der Waals surface area (Å²) in [7, 11) is 0. The summed E-state index contributed by atoms with van der Waals surface area (Å²) in [4.78, 5) is 20.6. The number of nitrogens with zero attached hydrogens (tertiary/aromatic N) is 2. The van der Waals surface area contributed by atoms with Crippen LogP contribution in [-0.2, 0) is 6.54 Å². The maximum Gasteiger partial charge on any atom is 0.254 e. The SMILES string of the molecule is CCN(CC)C(=O)c1cccc2[nH]cc(CN3CCSCC3)c12. The van der Waals surface area contributed by atoms with Crippen molar-refractivity contribution in [2.75, 3.05) is 37.7 Å². The smallest absolute Gasteiger partial charge is 0.254 e. The molecule has 1 aromatic heterocycles. The third-order valence-electron chi connectivity index (χ3n) is 4.57. The Morgan fingerprint density at radius 2 is 2.00 bits per heavy atom. The van der Waals surface area contributed by atoms with Crippen molar-refractivity contribution in [3.05, 3.63) is 35.5 Å². The number of fused-ring (bicyclic) bond motifs is 1. The summed E-state index contributed by atoms with van der Waals surface area (Å²) in [5.41, 5.74) is 3.13. The third-order valence-corrected chi connectivity index (χ3v) is 5.51. The van der Waals surface area contributed by atoms with Crippen molar-refractivity contribution >= 4 is 28.6 Å². The molecule has 1 aliphatic heterocycles. The van der Waals surface area contributed by atoms with Gasteiger partial charge in [0.25, 0.3) is 5.91 Å². The van der Waals surface area contributed by atoms with Crippen molar-refractivity contribution in [1.82, 2.24) is 14.8 Å². The number of hydrogen-bond donors (Lipinski definition) is 1. The number of amides is 1. The molecule has 1 aliphatic rings. The summed E-state index contributed by atoms with van der Waals surface area (Å²) in [6, 6.07) is 5.99. The maximum atomic E-state index is 12.9. The lowest BCUT2D eigenvalue weighted by Gasteiger charge is -2.26. The number of aromatic nitrogens is 1. The van der Waals surface area contributed by atoms with Crippen LogP contribution in [0.1, 0.15) is 29.8 Å². The maximum absolute atomic E-state index is 12.9. The summed E-state index contributed by atoms with van der Waals surface area (Å²) in [6.07, 6.45) is 2.07. The van der Waals surface area contributed by atoms with Crippen molar-refractivity contribution in [2.24, 2.45) is 0 Å². The van der Waals surface area contributed by atoms with E-state index in [1.165, 1.54) is 17.1 Å². The lowest BCUT2D eigenvalue weighted by atomic mass is 10.0. The van der Waals surface area contributed by atoms with Gasteiger partial charge in [0.2, 0.25) is 0 Å². The van der Waals surface area contributed by atoms with Gasteiger partial charge in [0.1, 0.15) is 0 Å². The number of carbonyl (C=O) groups is 1. The summed E-state index contributed by atoms with van der Waals surface area (Å²) >= 11 is 2.02. The summed E-state index contributed by atoms with van der Waals surface area (Å²) < 4.78 is 0. The highest BCUT2D eigenvalue weighted by atomic mass is 32.2. The van der Waals surface area contributed by atoms with E-state index in [0.717, 1.165) is 49.2 Å². The van der Waals surface area contributed by atoms with Gasteiger partial charge in [-0.25, -0.2) is 0 Å². The Morgan fingerprint density at radius 3 is 2.70 bits per heavy atom. The monoisotopic (exact) mass is 331 g/mol. The first-order valence-electron chi connectivity index (χ1n) is 8.43. The molecule has 0 saturated carbocycles. The molecule has 0 unspecified atom stereocenters. The highest BCUT2D eigenvalue weighted by Crippen LogP contribution is 2.26. The van der Waals surface area contributed by atoms with Gasteiger partial charge in [0, 0.05) is 66.9 Å². The van der Waals surface area contributed by atoms with Crippen molar-refractivity contribution in [2.45, 2.75) is 20.4 Å². The van der Waals surface area contributed by atoms with E-state index in [-0.39, 0.29) is 5.91 Å². The van der Waals surface area contributed by atoms with Gasteiger partial charge < -0.3 is 9.88 Å². The number of nitrogens with one attached hydrogen (secondary N) is 1. The fraction of sp³-hybridized carbons (Fsp3) is 0.500. The number of thioether (sulfide) groups is 1. The lowest BCUT2D eigenvalue weighted by molar-refractivity contribution is 0.0775. The lowest BCUT2D eigenvalue weighted by Crippen LogP contribution is -2.32. The second kappa shape index (κ2) is 7.41. The Balaban J connectivity index is 1.95. The van der Waals surface area contributed by atoms with E-state index in [9.17, 15) is 4.79 Å². The minimum Gasteiger partial charge on any atom is -0.361 e. The Hall–Kier alpha value is -1.46. The first kappa shape index (κ1) is 16.4. The molecule has 3 rings (SSSR count). The molecule has 0 aliphatic carbocycles. The van der Waals surface area contributed by atoms with Crippen LogP contribution in [0.2, 0.25) is 0 Å². The fourth-order valence-corrected chi connectivity index (χ4v) is 4.22. The van der Waals surface area contributed by atoms with E-state index in [2.05, 4.69) is 22.1 Å². The molecule has 1 N–H and O–H groups in total. The number of rotatable bonds is 5. The van der Waals surface area contributed by atoms with E-state index in [1.807, 2.05) is 42.6 Å². The molecule has 5 heteroatoms. The van der Waals surface area contributed by atoms with Gasteiger partial charge in [-0.05, 0) is 31.5 Å². The number of aromatic amines is 1. The molecule has 1 saturated heterocycles. The van der Waals surface area contributed by atoms with Crippen molar-refractivity contribution in [3.63, 3.8) is 0 Å². The van der Waals surface area contributed by atoms with E-state index in [4.69, 9.17) is 0 Å². The molecule has 0 atom stereocenters. The third kappa shape index (κ3) is 3.40. The van der Waals surface area contributed by atoms with Crippen LogP contribution in [0.15, 0.2) is 24.4 Å². The van der Waals surface area contributed by atoms with Crippen LogP contribution >= 0.6 is 11.8 Å². The molecule has 0 bridgehead atoms. The van der Waals surface area contributed by atoms with Crippen LogP contribution < -0.4 is 0 Å². The number of carbonyl (C=O) groups excluding carboxylic acids is 1. The van der Waals surface area contributed by atoms with Crippen LogP contribution in [0.25, 0.3) is 10.9 Å². The first-order chi connectivity index (χ1) is 11.2. The summed E-state index contributed by atoms with van der Waals surface area (Å²) in [5.74, 6) is 2.54. The molecular formula is C18H25N3OS. The molecule has 2 aromatic rings. The van der Waals surface area contributed by atoms with Crippen molar-refractivity contribution < 1.29 is 4.79 Å². The van der Waals surface area contributed by atoms with Gasteiger partial charge in [-0.15, -0.1) is 0 Å². The van der Waals surface area contributed by atoms with Gasteiger partial charge in [-0.2, -0.15) is 11.8 Å². The van der Waals surface area contributed by atoms with E-state index in [1.54, 1.807) is 0 Å². The Kier molecular flexibility index (Phi) is 5.28. The highest BCUT2D eigenvalue weighted by Gasteiger charge is 2.20. The molecule has 1 amide bonds. The van der Waals surface area contributed by atoms with Crippen LogP contribution in [-0.4, -0.2) is 58.4 Å². The quantitative estimate of drug-likeness (QED) is 0.914. The van der Waals surface area contributed by atoms with Crippen molar-refractivity contribution in [1.29, 1.82) is 0 Å². The number of H-pyrrole nitrogens is 1. The summed E-state index contributed by atoms with van der Waals surface area (Å²) in [6.45, 7) is 8.73. The average Bonchev–Trinajstić information content (AvgIpc) is 3.00. The molecule has 4 nitrogen and oxygen atoms in total. The fourth-order valence-electron chi connectivity index (χ4n) is 3.24. The zero-order valence-corrected chi connectivity index (χ0v) is 14.8. The van der Waals surface area contributed by atoms with E-state index < -0.39 is 0 Å². The largest absolute Gasteiger partial charge is 0.361 e. The molecule has 23 heavy (non-hydrogen) atoms.